The van der Waals surface area contributed by atoms with Gasteiger partial charge in [-0.1, -0.05) is 41.0 Å². The molecule has 0 radical (unpaired) electrons. The SMILES string of the molecule is Cc1ccc(-c2onc(C)c2C)cc1S(=O)(=O)Nc1ccccc1Cl. The normalized spacial score (nSPS) is 11.5. The molecule has 5 nitrogen and oxygen atoms in total. The van der Waals surface area contributed by atoms with Crippen molar-refractivity contribution in [3.63, 3.8) is 0 Å². The number of hydrogen-bond acceptors (Lipinski definition) is 4. The summed E-state index contributed by atoms with van der Waals surface area (Å²) in [5, 5.41) is 4.26. The minimum atomic E-state index is -3.80. The molecule has 0 saturated heterocycles. The van der Waals surface area contributed by atoms with Crippen LogP contribution < -0.4 is 4.72 Å². The van der Waals surface area contributed by atoms with Crippen LogP contribution in [0.3, 0.4) is 0 Å². The van der Waals surface area contributed by atoms with Crippen molar-refractivity contribution < 1.29 is 12.9 Å². The third-order valence-electron chi connectivity index (χ3n) is 4.02. The molecular formula is C18H17ClN2O3S. The molecule has 0 aliphatic carbocycles. The van der Waals surface area contributed by atoms with Crippen LogP contribution in [0.25, 0.3) is 11.3 Å². The molecule has 0 spiro atoms. The average Bonchev–Trinajstić information content (AvgIpc) is 2.89. The fraction of sp³-hybridized carbons (Fsp3) is 0.167. The molecule has 2 aromatic carbocycles. The number of aromatic nitrogens is 1. The standard InChI is InChI=1S/C18H17ClN2O3S/c1-11-8-9-14(18-12(2)13(3)20-24-18)10-17(11)25(22,23)21-16-7-5-4-6-15(16)19/h4-10,21H,1-3H3. The lowest BCUT2D eigenvalue weighted by Gasteiger charge is -2.12. The van der Waals surface area contributed by atoms with E-state index in [4.69, 9.17) is 16.1 Å². The van der Waals surface area contributed by atoms with Crippen LogP contribution in [0.5, 0.6) is 0 Å². The molecule has 0 fully saturated rings. The topological polar surface area (TPSA) is 72.2 Å². The maximum absolute atomic E-state index is 12.8. The van der Waals surface area contributed by atoms with Gasteiger partial charge in [-0.3, -0.25) is 4.72 Å². The van der Waals surface area contributed by atoms with Crippen molar-refractivity contribution in [3.05, 3.63) is 64.3 Å². The Bertz CT molecular complexity index is 1040. The van der Waals surface area contributed by atoms with Gasteiger partial charge in [-0.05, 0) is 44.5 Å². The summed E-state index contributed by atoms with van der Waals surface area (Å²) in [6.45, 7) is 5.47. The second-order valence-electron chi connectivity index (χ2n) is 5.79. The van der Waals surface area contributed by atoms with Crippen molar-refractivity contribution in [3.8, 4) is 11.3 Å². The molecule has 7 heteroatoms. The van der Waals surface area contributed by atoms with Gasteiger partial charge in [0, 0.05) is 11.1 Å². The summed E-state index contributed by atoms with van der Waals surface area (Å²) in [7, 11) is -3.80. The molecule has 1 N–H and O–H groups in total. The summed E-state index contributed by atoms with van der Waals surface area (Å²) in [5.74, 6) is 0.562. The highest BCUT2D eigenvalue weighted by Gasteiger charge is 2.21. The minimum Gasteiger partial charge on any atom is -0.356 e. The predicted molar refractivity (Wildman–Crippen MR) is 98.4 cm³/mol. The quantitative estimate of drug-likeness (QED) is 0.715. The summed E-state index contributed by atoms with van der Waals surface area (Å²) in [5.41, 5.74) is 3.27. The van der Waals surface area contributed by atoms with E-state index in [0.29, 0.717) is 27.6 Å². The summed E-state index contributed by atoms with van der Waals surface area (Å²) < 4.78 is 33.5. The molecule has 25 heavy (non-hydrogen) atoms. The first-order valence-corrected chi connectivity index (χ1v) is 9.47. The Morgan fingerprint density at radius 1 is 1.08 bits per heavy atom. The Hall–Kier alpha value is -2.31. The molecule has 0 unspecified atom stereocenters. The van der Waals surface area contributed by atoms with Crippen molar-refractivity contribution in [2.24, 2.45) is 0 Å². The first-order chi connectivity index (χ1) is 11.8. The van der Waals surface area contributed by atoms with Gasteiger partial charge >= 0.3 is 0 Å². The molecule has 3 rings (SSSR count). The first kappa shape index (κ1) is 17.5. The monoisotopic (exact) mass is 376 g/mol. The Labute approximate surface area is 151 Å². The molecular weight excluding hydrogens is 360 g/mol. The molecule has 1 heterocycles. The van der Waals surface area contributed by atoms with Gasteiger partial charge in [0.15, 0.2) is 5.76 Å². The molecule has 3 aromatic rings. The lowest BCUT2D eigenvalue weighted by Crippen LogP contribution is -2.14. The van der Waals surface area contributed by atoms with Crippen LogP contribution in [0.2, 0.25) is 5.02 Å². The van der Waals surface area contributed by atoms with Gasteiger partial charge in [-0.15, -0.1) is 0 Å². The number of aryl methyl sites for hydroxylation is 2. The molecule has 1 aromatic heterocycles. The van der Waals surface area contributed by atoms with Gasteiger partial charge in [0.25, 0.3) is 10.0 Å². The van der Waals surface area contributed by atoms with E-state index >= 15 is 0 Å². The average molecular weight is 377 g/mol. The number of anilines is 1. The van der Waals surface area contributed by atoms with Gasteiger partial charge in [0.1, 0.15) is 0 Å². The molecule has 0 amide bonds. The van der Waals surface area contributed by atoms with Crippen molar-refractivity contribution in [2.75, 3.05) is 4.72 Å². The van der Waals surface area contributed by atoms with Gasteiger partial charge in [0.05, 0.1) is 21.3 Å². The van der Waals surface area contributed by atoms with Crippen LogP contribution in [0.15, 0.2) is 51.9 Å². The van der Waals surface area contributed by atoms with E-state index in [2.05, 4.69) is 9.88 Å². The van der Waals surface area contributed by atoms with Gasteiger partial charge in [0.2, 0.25) is 0 Å². The van der Waals surface area contributed by atoms with Gasteiger partial charge in [-0.2, -0.15) is 0 Å². The van der Waals surface area contributed by atoms with Crippen LogP contribution in [0, 0.1) is 20.8 Å². The molecule has 0 atom stereocenters. The number of nitrogens with zero attached hydrogens (tertiary/aromatic N) is 1. The smallest absolute Gasteiger partial charge is 0.262 e. The van der Waals surface area contributed by atoms with E-state index in [-0.39, 0.29) is 4.90 Å². The van der Waals surface area contributed by atoms with Crippen LogP contribution in [0.4, 0.5) is 5.69 Å². The Kier molecular flexibility index (Phi) is 4.58. The lowest BCUT2D eigenvalue weighted by molar-refractivity contribution is 0.427. The summed E-state index contributed by atoms with van der Waals surface area (Å²) in [4.78, 5) is 0.165. The zero-order valence-corrected chi connectivity index (χ0v) is 15.6. The largest absolute Gasteiger partial charge is 0.356 e. The number of sulfonamides is 1. The Balaban J connectivity index is 2.06. The van der Waals surface area contributed by atoms with Gasteiger partial charge in [-0.25, -0.2) is 8.42 Å². The third kappa shape index (κ3) is 3.41. The fourth-order valence-electron chi connectivity index (χ4n) is 2.46. The predicted octanol–water partition coefficient (Wildman–Crippen LogP) is 4.72. The van der Waals surface area contributed by atoms with Crippen LogP contribution in [0.1, 0.15) is 16.8 Å². The highest BCUT2D eigenvalue weighted by Crippen LogP contribution is 2.30. The van der Waals surface area contributed by atoms with E-state index in [1.165, 1.54) is 0 Å². The van der Waals surface area contributed by atoms with Crippen molar-refractivity contribution in [1.29, 1.82) is 0 Å². The van der Waals surface area contributed by atoms with E-state index in [1.54, 1.807) is 43.3 Å². The number of benzene rings is 2. The van der Waals surface area contributed by atoms with E-state index in [0.717, 1.165) is 11.3 Å². The molecule has 0 aliphatic heterocycles. The zero-order chi connectivity index (χ0) is 18.2. The summed E-state index contributed by atoms with van der Waals surface area (Å²) >= 11 is 6.06. The molecule has 130 valence electrons. The number of hydrogen-bond donors (Lipinski definition) is 1. The van der Waals surface area contributed by atoms with E-state index < -0.39 is 10.0 Å². The third-order valence-corrected chi connectivity index (χ3v) is 5.85. The van der Waals surface area contributed by atoms with E-state index in [9.17, 15) is 8.42 Å². The maximum Gasteiger partial charge on any atom is 0.262 e. The maximum atomic E-state index is 12.8. The fourth-order valence-corrected chi connectivity index (χ4v) is 4.05. The van der Waals surface area contributed by atoms with Crippen LogP contribution in [-0.4, -0.2) is 13.6 Å². The zero-order valence-electron chi connectivity index (χ0n) is 14.0. The van der Waals surface area contributed by atoms with Crippen molar-refractivity contribution in [1.82, 2.24) is 5.16 Å². The van der Waals surface area contributed by atoms with Crippen molar-refractivity contribution in [2.45, 2.75) is 25.7 Å². The van der Waals surface area contributed by atoms with E-state index in [1.807, 2.05) is 19.9 Å². The Morgan fingerprint density at radius 2 is 1.80 bits per heavy atom. The minimum absolute atomic E-state index is 0.165. The van der Waals surface area contributed by atoms with Crippen LogP contribution in [-0.2, 0) is 10.0 Å². The number of halogens is 1. The number of rotatable bonds is 4. The van der Waals surface area contributed by atoms with Crippen molar-refractivity contribution >= 4 is 27.3 Å². The number of para-hydroxylation sites is 1. The highest BCUT2D eigenvalue weighted by atomic mass is 35.5. The second kappa shape index (κ2) is 6.54. The molecule has 0 saturated carbocycles. The first-order valence-electron chi connectivity index (χ1n) is 7.61. The lowest BCUT2D eigenvalue weighted by atomic mass is 10.1. The molecule has 0 aliphatic rings. The summed E-state index contributed by atoms with van der Waals surface area (Å²) in [6.07, 6.45) is 0. The summed E-state index contributed by atoms with van der Waals surface area (Å²) in [6, 6.07) is 11.8. The Morgan fingerprint density at radius 3 is 2.44 bits per heavy atom. The number of nitrogens with one attached hydrogen (secondary N) is 1. The highest BCUT2D eigenvalue weighted by molar-refractivity contribution is 7.92. The second-order valence-corrected chi connectivity index (χ2v) is 7.85. The van der Waals surface area contributed by atoms with Gasteiger partial charge < -0.3 is 4.52 Å². The van der Waals surface area contributed by atoms with Crippen LogP contribution >= 0.6 is 11.6 Å². The molecule has 0 bridgehead atoms.